The van der Waals surface area contributed by atoms with Crippen molar-refractivity contribution in [1.29, 1.82) is 0 Å². The number of nitrogens with two attached hydrogens (primary N) is 1. The summed E-state index contributed by atoms with van der Waals surface area (Å²) >= 11 is 0. The summed E-state index contributed by atoms with van der Waals surface area (Å²) in [6, 6.07) is 9.93. The molecule has 1 heterocycles. The Balaban J connectivity index is 0.00000192. The summed E-state index contributed by atoms with van der Waals surface area (Å²) in [5, 5.41) is 3.11. The molecule has 4 atom stereocenters. The zero-order chi connectivity index (χ0) is 16.0. The second kappa shape index (κ2) is 6.42. The lowest BCUT2D eigenvalue weighted by Gasteiger charge is -2.65. The second-order valence-electron chi connectivity index (χ2n) is 7.24. The van der Waals surface area contributed by atoms with E-state index in [4.69, 9.17) is 10.5 Å². The third-order valence-corrected chi connectivity index (χ3v) is 5.71. The molecule has 1 amide bonds. The van der Waals surface area contributed by atoms with E-state index in [-0.39, 0.29) is 41.8 Å². The minimum absolute atomic E-state index is 0. The highest BCUT2D eigenvalue weighted by atomic mass is 35.5. The monoisotopic (exact) mass is 338 g/mol. The molecule has 1 saturated heterocycles. The SMILES string of the molecule is C[C@@H](NC(=O)C1(N)C2CCCOC2C1(C)C)c1ccccc1.Cl. The third-order valence-electron chi connectivity index (χ3n) is 5.71. The van der Waals surface area contributed by atoms with Crippen LogP contribution in [-0.4, -0.2) is 24.2 Å². The van der Waals surface area contributed by atoms with Gasteiger partial charge in [0.15, 0.2) is 0 Å². The first-order valence-electron chi connectivity index (χ1n) is 8.15. The number of amides is 1. The van der Waals surface area contributed by atoms with E-state index in [1.165, 1.54) is 0 Å². The molecular weight excluding hydrogens is 312 g/mol. The van der Waals surface area contributed by atoms with Gasteiger partial charge in [0.2, 0.25) is 5.91 Å². The van der Waals surface area contributed by atoms with Crippen molar-refractivity contribution in [2.75, 3.05) is 6.61 Å². The van der Waals surface area contributed by atoms with Crippen LogP contribution in [0, 0.1) is 11.3 Å². The van der Waals surface area contributed by atoms with E-state index in [0.29, 0.717) is 0 Å². The van der Waals surface area contributed by atoms with Crippen LogP contribution in [0.1, 0.15) is 45.2 Å². The fraction of sp³-hybridized carbons (Fsp3) is 0.611. The van der Waals surface area contributed by atoms with Gasteiger partial charge >= 0.3 is 0 Å². The molecule has 1 aliphatic carbocycles. The van der Waals surface area contributed by atoms with E-state index < -0.39 is 5.54 Å². The van der Waals surface area contributed by atoms with Gasteiger partial charge in [0.05, 0.1) is 12.1 Å². The third kappa shape index (κ3) is 2.67. The Morgan fingerprint density at radius 3 is 2.65 bits per heavy atom. The highest BCUT2D eigenvalue weighted by Gasteiger charge is 2.70. The van der Waals surface area contributed by atoms with Gasteiger partial charge in [0.1, 0.15) is 5.54 Å². The maximum Gasteiger partial charge on any atom is 0.241 e. The topological polar surface area (TPSA) is 64.4 Å². The molecule has 1 saturated carbocycles. The lowest BCUT2D eigenvalue weighted by molar-refractivity contribution is -0.225. The van der Waals surface area contributed by atoms with Crippen molar-refractivity contribution in [1.82, 2.24) is 5.32 Å². The number of rotatable bonds is 3. The quantitative estimate of drug-likeness (QED) is 0.890. The van der Waals surface area contributed by atoms with Gasteiger partial charge in [0, 0.05) is 17.9 Å². The Morgan fingerprint density at radius 2 is 2.00 bits per heavy atom. The van der Waals surface area contributed by atoms with Gasteiger partial charge in [-0.2, -0.15) is 0 Å². The molecule has 1 aliphatic heterocycles. The van der Waals surface area contributed by atoms with Crippen molar-refractivity contribution in [3.63, 3.8) is 0 Å². The Bertz CT molecular complexity index is 563. The van der Waals surface area contributed by atoms with Crippen LogP contribution in [-0.2, 0) is 9.53 Å². The molecule has 1 aromatic rings. The standard InChI is InChI=1S/C18H26N2O2.ClH/c1-12(13-8-5-4-6-9-13)20-16(21)18(19)14-10-7-11-22-15(14)17(18,2)3;/h4-6,8-9,12,14-15H,7,10-11,19H2,1-3H3,(H,20,21);1H/t12-,14?,15?,18?;/m1./s1. The van der Waals surface area contributed by atoms with Crippen LogP contribution in [0.15, 0.2) is 30.3 Å². The maximum absolute atomic E-state index is 12.9. The van der Waals surface area contributed by atoms with Crippen molar-refractivity contribution in [2.24, 2.45) is 17.1 Å². The van der Waals surface area contributed by atoms with Crippen LogP contribution in [0.5, 0.6) is 0 Å². The van der Waals surface area contributed by atoms with E-state index >= 15 is 0 Å². The zero-order valence-electron chi connectivity index (χ0n) is 14.0. The Labute approximate surface area is 144 Å². The minimum atomic E-state index is -0.846. The first kappa shape index (κ1) is 18.2. The average Bonchev–Trinajstić information content (AvgIpc) is 2.54. The molecule has 2 aliphatic rings. The van der Waals surface area contributed by atoms with Crippen molar-refractivity contribution >= 4 is 18.3 Å². The molecule has 23 heavy (non-hydrogen) atoms. The number of ether oxygens (including phenoxy) is 1. The predicted octanol–water partition coefficient (Wildman–Crippen LogP) is 2.82. The van der Waals surface area contributed by atoms with Gasteiger partial charge in [-0.3, -0.25) is 4.79 Å². The van der Waals surface area contributed by atoms with E-state index in [0.717, 1.165) is 25.0 Å². The Hall–Kier alpha value is -1.10. The van der Waals surface area contributed by atoms with E-state index in [2.05, 4.69) is 5.32 Å². The van der Waals surface area contributed by atoms with Gasteiger partial charge in [-0.15, -0.1) is 12.4 Å². The van der Waals surface area contributed by atoms with Gasteiger partial charge in [0.25, 0.3) is 0 Å². The fourth-order valence-electron chi connectivity index (χ4n) is 4.18. The van der Waals surface area contributed by atoms with Crippen LogP contribution < -0.4 is 11.1 Å². The van der Waals surface area contributed by atoms with Crippen LogP contribution >= 0.6 is 12.4 Å². The van der Waals surface area contributed by atoms with Crippen molar-refractivity contribution < 1.29 is 9.53 Å². The highest BCUT2D eigenvalue weighted by molar-refractivity contribution is 5.89. The first-order valence-corrected chi connectivity index (χ1v) is 8.15. The van der Waals surface area contributed by atoms with Crippen LogP contribution in [0.3, 0.4) is 0 Å². The van der Waals surface area contributed by atoms with E-state index in [9.17, 15) is 4.79 Å². The van der Waals surface area contributed by atoms with Crippen LogP contribution in [0.2, 0.25) is 0 Å². The largest absolute Gasteiger partial charge is 0.377 e. The van der Waals surface area contributed by atoms with Crippen molar-refractivity contribution in [3.8, 4) is 0 Å². The number of fused-ring (bicyclic) bond motifs is 1. The molecule has 4 nitrogen and oxygen atoms in total. The number of hydrogen-bond donors (Lipinski definition) is 2. The van der Waals surface area contributed by atoms with Crippen LogP contribution in [0.4, 0.5) is 0 Å². The van der Waals surface area contributed by atoms with Gasteiger partial charge in [-0.25, -0.2) is 0 Å². The van der Waals surface area contributed by atoms with Gasteiger partial charge in [-0.05, 0) is 25.3 Å². The fourth-order valence-corrected chi connectivity index (χ4v) is 4.18. The number of benzene rings is 1. The number of carbonyl (C=O) groups excluding carboxylic acids is 1. The Morgan fingerprint density at radius 1 is 1.35 bits per heavy atom. The molecule has 0 bridgehead atoms. The van der Waals surface area contributed by atoms with Crippen molar-refractivity contribution in [3.05, 3.63) is 35.9 Å². The zero-order valence-corrected chi connectivity index (χ0v) is 14.9. The van der Waals surface area contributed by atoms with Crippen molar-refractivity contribution in [2.45, 2.75) is 51.3 Å². The number of hydrogen-bond acceptors (Lipinski definition) is 3. The summed E-state index contributed by atoms with van der Waals surface area (Å²) in [5.41, 5.74) is 6.52. The summed E-state index contributed by atoms with van der Waals surface area (Å²) in [6.45, 7) is 6.87. The summed E-state index contributed by atoms with van der Waals surface area (Å²) < 4.78 is 5.87. The number of nitrogens with one attached hydrogen (secondary N) is 1. The highest BCUT2D eigenvalue weighted by Crippen LogP contribution is 2.57. The number of halogens is 1. The number of carbonyl (C=O) groups is 1. The molecule has 0 spiro atoms. The first-order chi connectivity index (χ1) is 10.4. The predicted molar refractivity (Wildman–Crippen MR) is 93.4 cm³/mol. The lowest BCUT2D eigenvalue weighted by atomic mass is 9.46. The van der Waals surface area contributed by atoms with Gasteiger partial charge in [-0.1, -0.05) is 44.2 Å². The summed E-state index contributed by atoms with van der Waals surface area (Å²) in [6.07, 6.45) is 2.05. The molecule has 3 unspecified atom stereocenters. The van der Waals surface area contributed by atoms with Crippen LogP contribution in [0.25, 0.3) is 0 Å². The smallest absolute Gasteiger partial charge is 0.241 e. The summed E-state index contributed by atoms with van der Waals surface area (Å²) in [4.78, 5) is 12.9. The molecule has 3 rings (SSSR count). The maximum atomic E-state index is 12.9. The molecule has 2 fully saturated rings. The summed E-state index contributed by atoms with van der Waals surface area (Å²) in [5.74, 6) is 0.0693. The summed E-state index contributed by atoms with van der Waals surface area (Å²) in [7, 11) is 0. The van der Waals surface area contributed by atoms with E-state index in [1.54, 1.807) is 0 Å². The second-order valence-corrected chi connectivity index (χ2v) is 7.24. The molecule has 5 heteroatoms. The van der Waals surface area contributed by atoms with E-state index in [1.807, 2.05) is 51.1 Å². The molecule has 0 aromatic heterocycles. The minimum Gasteiger partial charge on any atom is -0.377 e. The molecular formula is C18H27ClN2O2. The molecule has 1 aromatic carbocycles. The lowest BCUT2D eigenvalue weighted by Crippen LogP contribution is -2.82. The Kier molecular flexibility index (Phi) is 5.09. The molecule has 128 valence electrons. The van der Waals surface area contributed by atoms with Gasteiger partial charge < -0.3 is 15.8 Å². The normalized spacial score (nSPS) is 32.7. The molecule has 3 N–H and O–H groups in total. The molecule has 0 radical (unpaired) electrons. The average molecular weight is 339 g/mol.